The van der Waals surface area contributed by atoms with Gasteiger partial charge in [-0.15, -0.1) is 0 Å². The predicted molar refractivity (Wildman–Crippen MR) is 109 cm³/mol. The van der Waals surface area contributed by atoms with Gasteiger partial charge in [0, 0.05) is 18.7 Å². The van der Waals surface area contributed by atoms with Crippen LogP contribution in [0.1, 0.15) is 47.4 Å². The summed E-state index contributed by atoms with van der Waals surface area (Å²) in [6.07, 6.45) is 0.483. The molecule has 0 aliphatic carbocycles. The average Bonchev–Trinajstić information content (AvgIpc) is 2.94. The molecule has 0 aromatic heterocycles. The molecule has 2 N–H and O–H groups in total. The highest BCUT2D eigenvalue weighted by molar-refractivity contribution is 6.21. The molecule has 2 aliphatic rings. The van der Waals surface area contributed by atoms with Crippen molar-refractivity contribution in [3.8, 4) is 5.75 Å². The Morgan fingerprint density at radius 3 is 2.40 bits per heavy atom. The first-order chi connectivity index (χ1) is 14.3. The highest BCUT2D eigenvalue weighted by Crippen LogP contribution is 2.35. The molecule has 4 rings (SSSR count). The number of amides is 4. The van der Waals surface area contributed by atoms with Crippen molar-refractivity contribution in [2.24, 2.45) is 0 Å². The van der Waals surface area contributed by atoms with Gasteiger partial charge >= 0.3 is 0 Å². The molecule has 0 bridgehead atoms. The fraction of sp³-hybridized carbons (Fsp3) is 0.273. The summed E-state index contributed by atoms with van der Waals surface area (Å²) in [5.74, 6) is -0.647. The molecule has 2 aromatic carbocycles. The molecule has 0 atom stereocenters. The third kappa shape index (κ3) is 3.52. The number of anilines is 2. The number of nitrogens with one attached hydrogen (secondary N) is 2. The monoisotopic (exact) mass is 407 g/mol. The van der Waals surface area contributed by atoms with Crippen LogP contribution in [-0.2, 0) is 9.59 Å². The number of rotatable bonds is 5. The molecule has 30 heavy (non-hydrogen) atoms. The summed E-state index contributed by atoms with van der Waals surface area (Å²) in [5.41, 5.74) is 0.843. The zero-order valence-corrected chi connectivity index (χ0v) is 16.7. The molecular formula is C22H21N3O5. The molecular weight excluding hydrogens is 386 g/mol. The zero-order valence-electron chi connectivity index (χ0n) is 16.7. The molecule has 0 saturated heterocycles. The Balaban J connectivity index is 1.32. The van der Waals surface area contributed by atoms with Crippen LogP contribution in [0, 0.1) is 0 Å². The number of hydrogen-bond donors (Lipinski definition) is 2. The minimum absolute atomic E-state index is 0.139. The number of hydrogen-bond acceptors (Lipinski definition) is 5. The minimum atomic E-state index is -0.956. The van der Waals surface area contributed by atoms with Crippen molar-refractivity contribution in [1.29, 1.82) is 0 Å². The molecule has 8 nitrogen and oxygen atoms in total. The standard InChI is InChI=1S/C22H21N3O5/c1-22(2)21(29)24-16-12-13(9-10-17(16)30-22)23-18(26)8-5-11-25-19(27)14-6-3-4-7-15(14)20(25)28/h3-4,6-7,9-10,12H,5,8,11H2,1-2H3,(H,23,26)(H,24,29). The summed E-state index contributed by atoms with van der Waals surface area (Å²) in [4.78, 5) is 50.2. The van der Waals surface area contributed by atoms with E-state index >= 15 is 0 Å². The second-order valence-corrected chi connectivity index (χ2v) is 7.74. The number of benzene rings is 2. The summed E-state index contributed by atoms with van der Waals surface area (Å²) in [7, 11) is 0. The van der Waals surface area contributed by atoms with Crippen LogP contribution < -0.4 is 15.4 Å². The van der Waals surface area contributed by atoms with Gasteiger partial charge in [-0.05, 0) is 50.6 Å². The number of carbonyl (C=O) groups excluding carboxylic acids is 4. The zero-order chi connectivity index (χ0) is 21.5. The summed E-state index contributed by atoms with van der Waals surface area (Å²) < 4.78 is 5.67. The Hall–Kier alpha value is -3.68. The van der Waals surface area contributed by atoms with Gasteiger partial charge in [0.1, 0.15) is 5.75 Å². The van der Waals surface area contributed by atoms with Gasteiger partial charge in [-0.2, -0.15) is 0 Å². The highest BCUT2D eigenvalue weighted by Gasteiger charge is 2.36. The Kier molecular flexibility index (Phi) is 4.77. The molecule has 0 radical (unpaired) electrons. The maximum Gasteiger partial charge on any atom is 0.268 e. The maximum absolute atomic E-state index is 12.3. The lowest BCUT2D eigenvalue weighted by Gasteiger charge is -2.31. The molecule has 0 saturated carbocycles. The number of carbonyl (C=O) groups is 4. The number of ether oxygens (including phenoxy) is 1. The fourth-order valence-corrected chi connectivity index (χ4v) is 3.45. The minimum Gasteiger partial charge on any atom is -0.476 e. The molecule has 2 aliphatic heterocycles. The second-order valence-electron chi connectivity index (χ2n) is 7.74. The van der Waals surface area contributed by atoms with Gasteiger partial charge in [0.25, 0.3) is 17.7 Å². The SMILES string of the molecule is CC1(C)Oc2ccc(NC(=O)CCCN3C(=O)c4ccccc4C3=O)cc2NC1=O. The average molecular weight is 407 g/mol. The van der Waals surface area contributed by atoms with Gasteiger partial charge in [0.2, 0.25) is 5.91 Å². The van der Waals surface area contributed by atoms with Crippen molar-refractivity contribution in [1.82, 2.24) is 4.90 Å². The van der Waals surface area contributed by atoms with Crippen LogP contribution in [0.2, 0.25) is 0 Å². The van der Waals surface area contributed by atoms with Crippen LogP contribution in [0.3, 0.4) is 0 Å². The van der Waals surface area contributed by atoms with E-state index in [2.05, 4.69) is 10.6 Å². The van der Waals surface area contributed by atoms with Crippen LogP contribution in [0.4, 0.5) is 11.4 Å². The Labute approximate surface area is 173 Å². The molecule has 2 heterocycles. The third-order valence-electron chi connectivity index (χ3n) is 5.09. The van der Waals surface area contributed by atoms with E-state index in [4.69, 9.17) is 4.74 Å². The second kappa shape index (κ2) is 7.29. The summed E-state index contributed by atoms with van der Waals surface area (Å²) >= 11 is 0. The van der Waals surface area contributed by atoms with E-state index in [0.29, 0.717) is 34.7 Å². The van der Waals surface area contributed by atoms with E-state index < -0.39 is 5.60 Å². The summed E-state index contributed by atoms with van der Waals surface area (Å²) in [6.45, 7) is 3.52. The first-order valence-corrected chi connectivity index (χ1v) is 9.66. The van der Waals surface area contributed by atoms with Crippen LogP contribution in [-0.4, -0.2) is 40.7 Å². The number of imide groups is 1. The largest absolute Gasteiger partial charge is 0.476 e. The summed E-state index contributed by atoms with van der Waals surface area (Å²) in [6, 6.07) is 11.7. The smallest absolute Gasteiger partial charge is 0.268 e. The van der Waals surface area contributed by atoms with E-state index in [1.807, 2.05) is 0 Å². The van der Waals surface area contributed by atoms with Crippen LogP contribution in [0.5, 0.6) is 5.75 Å². The van der Waals surface area contributed by atoms with Crippen molar-refractivity contribution < 1.29 is 23.9 Å². The Morgan fingerprint density at radius 1 is 1.07 bits per heavy atom. The van der Waals surface area contributed by atoms with Gasteiger partial charge in [0.05, 0.1) is 16.8 Å². The first kappa shape index (κ1) is 19.6. The van der Waals surface area contributed by atoms with Crippen molar-refractivity contribution in [3.63, 3.8) is 0 Å². The van der Waals surface area contributed by atoms with Gasteiger partial charge in [-0.3, -0.25) is 24.1 Å². The van der Waals surface area contributed by atoms with Crippen LogP contribution in [0.25, 0.3) is 0 Å². The molecule has 154 valence electrons. The lowest BCUT2D eigenvalue weighted by atomic mass is 10.1. The van der Waals surface area contributed by atoms with Gasteiger partial charge < -0.3 is 15.4 Å². The van der Waals surface area contributed by atoms with Crippen molar-refractivity contribution in [2.45, 2.75) is 32.3 Å². The highest BCUT2D eigenvalue weighted by atomic mass is 16.5. The Bertz CT molecular complexity index is 1040. The normalized spacial score (nSPS) is 16.5. The number of fused-ring (bicyclic) bond motifs is 2. The van der Waals surface area contributed by atoms with Crippen molar-refractivity contribution in [3.05, 3.63) is 53.6 Å². The van der Waals surface area contributed by atoms with Crippen LogP contribution in [0.15, 0.2) is 42.5 Å². The lowest BCUT2D eigenvalue weighted by Crippen LogP contribution is -2.45. The van der Waals surface area contributed by atoms with E-state index in [0.717, 1.165) is 0 Å². The predicted octanol–water partition coefficient (Wildman–Crippen LogP) is 2.81. The van der Waals surface area contributed by atoms with Gasteiger partial charge in [0.15, 0.2) is 5.60 Å². The summed E-state index contributed by atoms with van der Waals surface area (Å²) in [5, 5.41) is 5.52. The molecule has 4 amide bonds. The fourth-order valence-electron chi connectivity index (χ4n) is 3.45. The molecule has 8 heteroatoms. The first-order valence-electron chi connectivity index (χ1n) is 9.66. The van der Waals surface area contributed by atoms with Gasteiger partial charge in [-0.25, -0.2) is 0 Å². The quantitative estimate of drug-likeness (QED) is 0.742. The van der Waals surface area contributed by atoms with E-state index in [1.165, 1.54) is 4.90 Å². The van der Waals surface area contributed by atoms with Gasteiger partial charge in [-0.1, -0.05) is 12.1 Å². The van der Waals surface area contributed by atoms with Crippen LogP contribution >= 0.6 is 0 Å². The molecule has 0 unspecified atom stereocenters. The molecule has 2 aromatic rings. The topological polar surface area (TPSA) is 105 Å². The van der Waals surface area contributed by atoms with E-state index in [9.17, 15) is 19.2 Å². The number of nitrogens with zero attached hydrogens (tertiary/aromatic N) is 1. The van der Waals surface area contributed by atoms with E-state index in [1.54, 1.807) is 56.3 Å². The van der Waals surface area contributed by atoms with Crippen molar-refractivity contribution in [2.75, 3.05) is 17.2 Å². The maximum atomic E-state index is 12.3. The Morgan fingerprint density at radius 2 is 1.73 bits per heavy atom. The molecule has 0 fully saturated rings. The lowest BCUT2D eigenvalue weighted by molar-refractivity contribution is -0.129. The van der Waals surface area contributed by atoms with E-state index in [-0.39, 0.29) is 36.6 Å². The third-order valence-corrected chi connectivity index (χ3v) is 5.09. The van der Waals surface area contributed by atoms with Crippen molar-refractivity contribution >= 4 is 35.0 Å². The molecule has 0 spiro atoms.